The second-order valence-corrected chi connectivity index (χ2v) is 8.61. The Morgan fingerprint density at radius 2 is 1.50 bits per heavy atom. The van der Waals surface area contributed by atoms with Crippen LogP contribution in [0.2, 0.25) is 0 Å². The number of sulfonamides is 1. The summed E-state index contributed by atoms with van der Waals surface area (Å²) in [6.07, 6.45) is 7.88. The molecule has 1 aliphatic carbocycles. The van der Waals surface area contributed by atoms with E-state index in [1.54, 1.807) is 12.1 Å². The summed E-state index contributed by atoms with van der Waals surface area (Å²) in [5.74, 6) is 0. The Hall–Kier alpha value is -1.11. The third-order valence-electron chi connectivity index (χ3n) is 5.06. The van der Waals surface area contributed by atoms with E-state index in [1.165, 1.54) is 19.3 Å². The average Bonchev–Trinajstić information content (AvgIpc) is 2.58. The summed E-state index contributed by atoms with van der Waals surface area (Å²) >= 11 is 0. The number of benzene rings is 1. The van der Waals surface area contributed by atoms with E-state index in [9.17, 15) is 8.42 Å². The Balaban J connectivity index is 1.65. The van der Waals surface area contributed by atoms with E-state index in [0.717, 1.165) is 57.5 Å². The van der Waals surface area contributed by atoms with Crippen molar-refractivity contribution in [2.45, 2.75) is 55.9 Å². The van der Waals surface area contributed by atoms with Gasteiger partial charge in [-0.2, -0.15) is 0 Å². The Morgan fingerprint density at radius 1 is 0.917 bits per heavy atom. The first kappa shape index (κ1) is 17.7. The SMILES string of the molecule is O=S(=O)(NC1CCCCCCC1)c1ccc(N2CCNCC2)cc1. The molecule has 0 aromatic heterocycles. The number of nitrogens with zero attached hydrogens (tertiary/aromatic N) is 1. The third-order valence-corrected chi connectivity index (χ3v) is 6.59. The fourth-order valence-corrected chi connectivity index (χ4v) is 4.93. The van der Waals surface area contributed by atoms with Crippen LogP contribution in [0.3, 0.4) is 0 Å². The van der Waals surface area contributed by atoms with Gasteiger partial charge in [-0.15, -0.1) is 0 Å². The van der Waals surface area contributed by atoms with E-state index in [4.69, 9.17) is 0 Å². The van der Waals surface area contributed by atoms with Gasteiger partial charge in [0.2, 0.25) is 10.0 Å². The van der Waals surface area contributed by atoms with E-state index in [1.807, 2.05) is 12.1 Å². The predicted molar refractivity (Wildman–Crippen MR) is 98.0 cm³/mol. The summed E-state index contributed by atoms with van der Waals surface area (Å²) < 4.78 is 28.2. The number of anilines is 1. The molecule has 1 aliphatic heterocycles. The predicted octanol–water partition coefficient (Wildman–Crippen LogP) is 2.49. The standard InChI is InChI=1S/C18H29N3O2S/c22-24(23,20-16-6-4-2-1-3-5-7-16)18-10-8-17(9-11-18)21-14-12-19-13-15-21/h8-11,16,19-20H,1-7,12-15H2. The first-order chi connectivity index (χ1) is 11.6. The molecule has 1 aromatic rings. The number of hydrogen-bond acceptors (Lipinski definition) is 4. The summed E-state index contributed by atoms with van der Waals surface area (Å²) in [6, 6.07) is 7.42. The summed E-state index contributed by atoms with van der Waals surface area (Å²) in [5.41, 5.74) is 1.10. The first-order valence-corrected chi connectivity index (χ1v) is 10.7. The number of piperazine rings is 1. The van der Waals surface area contributed by atoms with Crippen LogP contribution in [-0.2, 0) is 10.0 Å². The fourth-order valence-electron chi connectivity index (χ4n) is 3.62. The van der Waals surface area contributed by atoms with Gasteiger partial charge in [-0.25, -0.2) is 13.1 Å². The largest absolute Gasteiger partial charge is 0.369 e. The minimum absolute atomic E-state index is 0.0862. The molecule has 134 valence electrons. The minimum Gasteiger partial charge on any atom is -0.369 e. The maximum absolute atomic E-state index is 12.7. The van der Waals surface area contributed by atoms with Crippen LogP contribution in [0.4, 0.5) is 5.69 Å². The number of hydrogen-bond donors (Lipinski definition) is 2. The van der Waals surface area contributed by atoms with E-state index in [0.29, 0.717) is 4.90 Å². The van der Waals surface area contributed by atoms with Crippen molar-refractivity contribution in [3.63, 3.8) is 0 Å². The van der Waals surface area contributed by atoms with Crippen molar-refractivity contribution in [2.75, 3.05) is 31.1 Å². The second-order valence-electron chi connectivity index (χ2n) is 6.89. The highest BCUT2D eigenvalue weighted by Gasteiger charge is 2.21. The van der Waals surface area contributed by atoms with Crippen LogP contribution in [0.15, 0.2) is 29.2 Å². The molecule has 0 radical (unpaired) electrons. The highest BCUT2D eigenvalue weighted by molar-refractivity contribution is 7.89. The highest BCUT2D eigenvalue weighted by atomic mass is 32.2. The summed E-state index contributed by atoms with van der Waals surface area (Å²) in [4.78, 5) is 2.67. The number of rotatable bonds is 4. The summed E-state index contributed by atoms with van der Waals surface area (Å²) in [7, 11) is -3.42. The lowest BCUT2D eigenvalue weighted by molar-refractivity contribution is 0.426. The molecule has 6 heteroatoms. The summed E-state index contributed by atoms with van der Waals surface area (Å²) in [6.45, 7) is 3.88. The van der Waals surface area contributed by atoms with Crippen LogP contribution in [0.5, 0.6) is 0 Å². The molecule has 2 fully saturated rings. The lowest BCUT2D eigenvalue weighted by Crippen LogP contribution is -2.43. The molecule has 0 amide bonds. The number of nitrogens with one attached hydrogen (secondary N) is 2. The molecular formula is C18H29N3O2S. The Bertz CT molecular complexity index is 602. The van der Waals surface area contributed by atoms with Gasteiger partial charge in [-0.3, -0.25) is 0 Å². The quantitative estimate of drug-likeness (QED) is 0.875. The van der Waals surface area contributed by atoms with Crippen molar-refractivity contribution in [2.24, 2.45) is 0 Å². The molecule has 0 spiro atoms. The van der Waals surface area contributed by atoms with Gasteiger partial charge in [0.25, 0.3) is 0 Å². The van der Waals surface area contributed by atoms with Crippen LogP contribution >= 0.6 is 0 Å². The molecule has 1 aromatic carbocycles. The molecule has 0 unspecified atom stereocenters. The van der Waals surface area contributed by atoms with Crippen LogP contribution in [-0.4, -0.2) is 40.6 Å². The van der Waals surface area contributed by atoms with Crippen LogP contribution in [0.1, 0.15) is 44.9 Å². The van der Waals surface area contributed by atoms with Crippen molar-refractivity contribution in [3.05, 3.63) is 24.3 Å². The maximum Gasteiger partial charge on any atom is 0.240 e. The van der Waals surface area contributed by atoms with Crippen LogP contribution in [0.25, 0.3) is 0 Å². The topological polar surface area (TPSA) is 61.4 Å². The molecule has 1 heterocycles. The zero-order valence-corrected chi connectivity index (χ0v) is 15.2. The smallest absolute Gasteiger partial charge is 0.240 e. The molecule has 5 nitrogen and oxygen atoms in total. The van der Waals surface area contributed by atoms with Gasteiger partial charge in [-0.05, 0) is 37.1 Å². The van der Waals surface area contributed by atoms with Crippen LogP contribution < -0.4 is 14.9 Å². The van der Waals surface area contributed by atoms with Crippen LogP contribution in [0, 0.1) is 0 Å². The van der Waals surface area contributed by atoms with Crippen molar-refractivity contribution in [3.8, 4) is 0 Å². The maximum atomic E-state index is 12.7. The molecule has 2 aliphatic rings. The molecule has 0 atom stereocenters. The van der Waals surface area contributed by atoms with Gasteiger partial charge < -0.3 is 10.2 Å². The lowest BCUT2D eigenvalue weighted by atomic mass is 9.97. The van der Waals surface area contributed by atoms with E-state index in [-0.39, 0.29) is 6.04 Å². The molecule has 2 N–H and O–H groups in total. The van der Waals surface area contributed by atoms with Crippen molar-refractivity contribution in [1.29, 1.82) is 0 Å². The van der Waals surface area contributed by atoms with Gasteiger partial charge in [0, 0.05) is 37.9 Å². The van der Waals surface area contributed by atoms with Gasteiger partial charge in [0.15, 0.2) is 0 Å². The lowest BCUT2D eigenvalue weighted by Gasteiger charge is -2.29. The van der Waals surface area contributed by atoms with Gasteiger partial charge in [0.1, 0.15) is 0 Å². The van der Waals surface area contributed by atoms with Gasteiger partial charge in [-0.1, -0.05) is 32.1 Å². The van der Waals surface area contributed by atoms with E-state index < -0.39 is 10.0 Å². The zero-order chi connectivity index (χ0) is 16.8. The monoisotopic (exact) mass is 351 g/mol. The minimum atomic E-state index is -3.42. The molecule has 3 rings (SSSR count). The second kappa shape index (κ2) is 8.32. The van der Waals surface area contributed by atoms with Crippen molar-refractivity contribution >= 4 is 15.7 Å². The van der Waals surface area contributed by atoms with E-state index >= 15 is 0 Å². The van der Waals surface area contributed by atoms with Gasteiger partial charge in [0.05, 0.1) is 4.90 Å². The molecule has 24 heavy (non-hydrogen) atoms. The van der Waals surface area contributed by atoms with Crippen molar-refractivity contribution < 1.29 is 8.42 Å². The van der Waals surface area contributed by atoms with E-state index in [2.05, 4.69) is 14.9 Å². The molecular weight excluding hydrogens is 322 g/mol. The Kier molecular flexibility index (Phi) is 6.14. The Morgan fingerprint density at radius 3 is 2.12 bits per heavy atom. The molecule has 0 bridgehead atoms. The normalized spacial score (nSPS) is 21.2. The Labute approximate surface area is 145 Å². The fraction of sp³-hybridized carbons (Fsp3) is 0.667. The zero-order valence-electron chi connectivity index (χ0n) is 14.3. The average molecular weight is 352 g/mol. The highest BCUT2D eigenvalue weighted by Crippen LogP contribution is 2.21. The van der Waals surface area contributed by atoms with Gasteiger partial charge >= 0.3 is 0 Å². The van der Waals surface area contributed by atoms with Crippen molar-refractivity contribution in [1.82, 2.24) is 10.0 Å². The molecule has 1 saturated carbocycles. The third kappa shape index (κ3) is 4.71. The molecule has 1 saturated heterocycles. The summed E-state index contributed by atoms with van der Waals surface area (Å²) in [5, 5.41) is 3.33. The first-order valence-electron chi connectivity index (χ1n) is 9.23.